The van der Waals surface area contributed by atoms with Gasteiger partial charge in [-0.25, -0.2) is 5.43 Å². The van der Waals surface area contributed by atoms with Crippen LogP contribution in [0, 0.1) is 5.92 Å². The van der Waals surface area contributed by atoms with Crippen LogP contribution in [0.2, 0.25) is 0 Å². The van der Waals surface area contributed by atoms with Gasteiger partial charge < -0.3 is 4.74 Å². The van der Waals surface area contributed by atoms with Crippen LogP contribution in [0.3, 0.4) is 0 Å². The molecule has 0 spiro atoms. The van der Waals surface area contributed by atoms with Crippen molar-refractivity contribution in [2.75, 3.05) is 0 Å². The third-order valence-electron chi connectivity index (χ3n) is 3.25. The van der Waals surface area contributed by atoms with Crippen molar-refractivity contribution in [1.29, 1.82) is 0 Å². The SMILES string of the molecule is C[C@H](Oc1cccc(Br)c1)C(=O)N/N=C\[C@H]1CC=CCC1. The Balaban J connectivity index is 1.79. The number of carbonyl (C=O) groups is 1. The number of ether oxygens (including phenoxy) is 1. The molecule has 4 nitrogen and oxygen atoms in total. The summed E-state index contributed by atoms with van der Waals surface area (Å²) in [6.07, 6.45) is 8.70. The first-order chi connectivity index (χ1) is 10.1. The minimum Gasteiger partial charge on any atom is -0.481 e. The highest BCUT2D eigenvalue weighted by Gasteiger charge is 2.14. The fourth-order valence-corrected chi connectivity index (χ4v) is 2.43. The van der Waals surface area contributed by atoms with Crippen LogP contribution in [0.1, 0.15) is 26.2 Å². The van der Waals surface area contributed by atoms with Gasteiger partial charge in [0.1, 0.15) is 5.75 Å². The largest absolute Gasteiger partial charge is 0.481 e. The standard InChI is InChI=1S/C16H19BrN2O2/c1-12(21-15-9-5-8-14(17)10-15)16(20)19-18-11-13-6-3-2-4-7-13/h2-3,5,8-13H,4,6-7H2,1H3,(H,19,20)/b18-11-/t12-,13-/m0/s1. The van der Waals surface area contributed by atoms with E-state index in [1.807, 2.05) is 30.5 Å². The molecule has 1 aromatic carbocycles. The van der Waals surface area contributed by atoms with Crippen LogP contribution < -0.4 is 10.2 Å². The van der Waals surface area contributed by atoms with E-state index in [9.17, 15) is 4.79 Å². The van der Waals surface area contributed by atoms with Gasteiger partial charge in [0.25, 0.3) is 5.91 Å². The molecule has 0 aliphatic heterocycles. The average Bonchev–Trinajstić information content (AvgIpc) is 2.48. The second-order valence-corrected chi connectivity index (χ2v) is 5.93. The lowest BCUT2D eigenvalue weighted by molar-refractivity contribution is -0.127. The molecule has 0 unspecified atom stereocenters. The topological polar surface area (TPSA) is 50.7 Å². The van der Waals surface area contributed by atoms with E-state index in [0.717, 1.165) is 23.7 Å². The number of amides is 1. The van der Waals surface area contributed by atoms with Crippen LogP contribution in [0.25, 0.3) is 0 Å². The molecule has 2 atom stereocenters. The zero-order valence-corrected chi connectivity index (χ0v) is 13.5. The number of hydrogen-bond donors (Lipinski definition) is 1. The fourth-order valence-electron chi connectivity index (χ4n) is 2.05. The molecule has 1 aromatic rings. The summed E-state index contributed by atoms with van der Waals surface area (Å²) in [4.78, 5) is 11.9. The summed E-state index contributed by atoms with van der Waals surface area (Å²) in [5.74, 6) is 0.808. The predicted molar refractivity (Wildman–Crippen MR) is 87.3 cm³/mol. The van der Waals surface area contributed by atoms with Gasteiger partial charge in [-0.05, 0) is 50.3 Å². The van der Waals surface area contributed by atoms with Crippen LogP contribution in [-0.2, 0) is 4.79 Å². The van der Waals surface area contributed by atoms with E-state index in [0.29, 0.717) is 11.7 Å². The first-order valence-electron chi connectivity index (χ1n) is 7.05. The number of nitrogens with zero attached hydrogens (tertiary/aromatic N) is 1. The molecule has 0 bridgehead atoms. The molecule has 112 valence electrons. The zero-order chi connectivity index (χ0) is 15.1. The number of hydrogen-bond acceptors (Lipinski definition) is 3. The second kappa shape index (κ2) is 7.98. The number of carbonyl (C=O) groups excluding carboxylic acids is 1. The highest BCUT2D eigenvalue weighted by Crippen LogP contribution is 2.19. The second-order valence-electron chi connectivity index (χ2n) is 5.02. The average molecular weight is 351 g/mol. The van der Waals surface area contributed by atoms with E-state index in [2.05, 4.69) is 38.6 Å². The van der Waals surface area contributed by atoms with Crippen molar-refractivity contribution in [2.24, 2.45) is 11.0 Å². The maximum atomic E-state index is 11.9. The fraction of sp³-hybridized carbons (Fsp3) is 0.375. The van der Waals surface area contributed by atoms with E-state index in [-0.39, 0.29) is 5.91 Å². The molecule has 5 heteroatoms. The molecular weight excluding hydrogens is 332 g/mol. The van der Waals surface area contributed by atoms with Crippen LogP contribution in [0.15, 0.2) is 46.0 Å². The third kappa shape index (κ3) is 5.34. The van der Waals surface area contributed by atoms with Crippen molar-refractivity contribution in [3.05, 3.63) is 40.9 Å². The van der Waals surface area contributed by atoms with Gasteiger partial charge >= 0.3 is 0 Å². The summed E-state index contributed by atoms with van der Waals surface area (Å²) >= 11 is 3.37. The summed E-state index contributed by atoms with van der Waals surface area (Å²) < 4.78 is 6.49. The summed E-state index contributed by atoms with van der Waals surface area (Å²) in [7, 11) is 0. The monoisotopic (exact) mass is 350 g/mol. The maximum absolute atomic E-state index is 11.9. The lowest BCUT2D eigenvalue weighted by Gasteiger charge is -2.14. The van der Waals surface area contributed by atoms with Crippen molar-refractivity contribution < 1.29 is 9.53 Å². The van der Waals surface area contributed by atoms with Gasteiger partial charge in [-0.3, -0.25) is 4.79 Å². The van der Waals surface area contributed by atoms with Crippen molar-refractivity contribution in [1.82, 2.24) is 5.43 Å². The number of rotatable bonds is 5. The maximum Gasteiger partial charge on any atom is 0.280 e. The molecule has 0 fully saturated rings. The molecule has 21 heavy (non-hydrogen) atoms. The van der Waals surface area contributed by atoms with Gasteiger partial charge in [0.15, 0.2) is 6.10 Å². The van der Waals surface area contributed by atoms with Crippen molar-refractivity contribution in [3.8, 4) is 5.75 Å². The van der Waals surface area contributed by atoms with Crippen molar-refractivity contribution in [3.63, 3.8) is 0 Å². The van der Waals surface area contributed by atoms with Gasteiger partial charge in [0.2, 0.25) is 0 Å². The normalized spacial score (nSPS) is 19.4. The zero-order valence-electron chi connectivity index (χ0n) is 12.0. The molecule has 1 amide bonds. The Labute approximate surface area is 133 Å². The number of halogens is 1. The van der Waals surface area contributed by atoms with E-state index >= 15 is 0 Å². The van der Waals surface area contributed by atoms with Gasteiger partial charge in [-0.15, -0.1) is 0 Å². The lowest BCUT2D eigenvalue weighted by atomic mass is 9.96. The van der Waals surface area contributed by atoms with Crippen molar-refractivity contribution in [2.45, 2.75) is 32.3 Å². The van der Waals surface area contributed by atoms with Gasteiger partial charge in [0, 0.05) is 10.7 Å². The Kier molecular flexibility index (Phi) is 5.99. The summed E-state index contributed by atoms with van der Waals surface area (Å²) in [6, 6.07) is 7.40. The molecule has 0 heterocycles. The third-order valence-corrected chi connectivity index (χ3v) is 3.74. The Morgan fingerprint density at radius 2 is 2.38 bits per heavy atom. The van der Waals surface area contributed by atoms with E-state index < -0.39 is 6.10 Å². The van der Waals surface area contributed by atoms with Crippen molar-refractivity contribution >= 4 is 28.1 Å². The number of nitrogens with one attached hydrogen (secondary N) is 1. The van der Waals surface area contributed by atoms with E-state index in [1.54, 1.807) is 6.92 Å². The first kappa shape index (κ1) is 15.8. The molecule has 0 saturated heterocycles. The van der Waals surface area contributed by atoms with Crippen LogP contribution in [0.5, 0.6) is 5.75 Å². The molecule has 1 aliphatic carbocycles. The highest BCUT2D eigenvalue weighted by molar-refractivity contribution is 9.10. The Hall–Kier alpha value is -1.62. The summed E-state index contributed by atoms with van der Waals surface area (Å²) in [6.45, 7) is 1.70. The smallest absolute Gasteiger partial charge is 0.280 e. The first-order valence-corrected chi connectivity index (χ1v) is 7.84. The summed E-state index contributed by atoms with van der Waals surface area (Å²) in [5.41, 5.74) is 2.53. The van der Waals surface area contributed by atoms with Crippen LogP contribution in [-0.4, -0.2) is 18.2 Å². The molecule has 0 saturated carbocycles. The van der Waals surface area contributed by atoms with Gasteiger partial charge in [0.05, 0.1) is 0 Å². The number of allylic oxidation sites excluding steroid dienone is 2. The Morgan fingerprint density at radius 1 is 1.52 bits per heavy atom. The molecular formula is C16H19BrN2O2. The molecule has 1 aliphatic rings. The summed E-state index contributed by atoms with van der Waals surface area (Å²) in [5, 5.41) is 4.03. The van der Waals surface area contributed by atoms with E-state index in [4.69, 9.17) is 4.74 Å². The van der Waals surface area contributed by atoms with Crippen LogP contribution >= 0.6 is 15.9 Å². The molecule has 0 aromatic heterocycles. The molecule has 0 radical (unpaired) electrons. The van der Waals surface area contributed by atoms with Gasteiger partial charge in [-0.2, -0.15) is 5.10 Å². The minimum atomic E-state index is -0.595. The number of hydrazone groups is 1. The minimum absolute atomic E-state index is 0.252. The Morgan fingerprint density at radius 3 is 3.10 bits per heavy atom. The molecule has 2 rings (SSSR count). The predicted octanol–water partition coefficient (Wildman–Crippen LogP) is 3.67. The highest BCUT2D eigenvalue weighted by atomic mass is 79.9. The Bertz CT molecular complexity index is 543. The lowest BCUT2D eigenvalue weighted by Crippen LogP contribution is -2.33. The van der Waals surface area contributed by atoms with Gasteiger partial charge in [-0.1, -0.05) is 34.1 Å². The van der Waals surface area contributed by atoms with E-state index in [1.165, 1.54) is 0 Å². The van der Waals surface area contributed by atoms with Crippen LogP contribution in [0.4, 0.5) is 0 Å². The molecule has 1 N–H and O–H groups in total. The quantitative estimate of drug-likeness (QED) is 0.500. The number of benzene rings is 1.